The van der Waals surface area contributed by atoms with E-state index in [0.717, 1.165) is 30.8 Å². The minimum atomic E-state index is -0.131. The summed E-state index contributed by atoms with van der Waals surface area (Å²) < 4.78 is 7.11. The second kappa shape index (κ2) is 6.70. The highest BCUT2D eigenvalue weighted by Gasteiger charge is 2.33. The fourth-order valence-corrected chi connectivity index (χ4v) is 3.38. The number of oxazole rings is 1. The normalized spacial score (nSPS) is 17.0. The zero-order valence-corrected chi connectivity index (χ0v) is 14.8. The molecular weight excluding hydrogens is 332 g/mol. The van der Waals surface area contributed by atoms with Crippen LogP contribution in [0.15, 0.2) is 35.5 Å². The van der Waals surface area contributed by atoms with Crippen molar-refractivity contribution in [1.82, 2.24) is 29.4 Å². The van der Waals surface area contributed by atoms with Gasteiger partial charge in [-0.25, -0.2) is 15.0 Å². The van der Waals surface area contributed by atoms with Crippen LogP contribution in [0, 0.1) is 6.92 Å². The van der Waals surface area contributed by atoms with Crippen LogP contribution in [0.2, 0.25) is 0 Å². The smallest absolute Gasteiger partial charge is 0.276 e. The molecule has 1 amide bonds. The van der Waals surface area contributed by atoms with E-state index in [1.807, 2.05) is 17.7 Å². The number of hydrogen-bond donors (Lipinski definition) is 0. The summed E-state index contributed by atoms with van der Waals surface area (Å²) in [6, 6.07) is -0.111. The summed E-state index contributed by atoms with van der Waals surface area (Å²) in [6.07, 6.45) is 11.1. The Balaban J connectivity index is 1.64. The highest BCUT2D eigenvalue weighted by molar-refractivity contribution is 5.92. The largest absolute Gasteiger partial charge is 0.448 e. The molecule has 1 atom stereocenters. The maximum atomic E-state index is 12.8. The molecule has 134 valence electrons. The molecule has 1 saturated heterocycles. The summed E-state index contributed by atoms with van der Waals surface area (Å²) in [6.45, 7) is 4.45. The third-order valence-electron chi connectivity index (χ3n) is 4.61. The van der Waals surface area contributed by atoms with Crippen molar-refractivity contribution in [3.05, 3.63) is 54.2 Å². The zero-order chi connectivity index (χ0) is 18.1. The minimum Gasteiger partial charge on any atom is -0.448 e. The van der Waals surface area contributed by atoms with Gasteiger partial charge in [-0.05, 0) is 12.8 Å². The monoisotopic (exact) mass is 352 g/mol. The first-order chi connectivity index (χ1) is 12.7. The summed E-state index contributed by atoms with van der Waals surface area (Å²) in [5, 5.41) is 0. The van der Waals surface area contributed by atoms with E-state index < -0.39 is 0 Å². The molecule has 1 aliphatic rings. The molecule has 0 radical (unpaired) electrons. The SMILES string of the molecule is CCc1nccn1-c1cncc([C@H]2CCCN2C(=O)c2coc(C)n2)n1. The molecule has 8 nitrogen and oxygen atoms in total. The van der Waals surface area contributed by atoms with Crippen LogP contribution >= 0.6 is 0 Å². The van der Waals surface area contributed by atoms with E-state index in [1.54, 1.807) is 30.4 Å². The van der Waals surface area contributed by atoms with Crippen molar-refractivity contribution in [2.75, 3.05) is 6.54 Å². The maximum absolute atomic E-state index is 12.8. The predicted octanol–water partition coefficient (Wildman–Crippen LogP) is 2.50. The quantitative estimate of drug-likeness (QED) is 0.716. The number of likely N-dealkylation sites (tertiary alicyclic amines) is 1. The van der Waals surface area contributed by atoms with Crippen LogP contribution in [-0.4, -0.2) is 41.9 Å². The molecule has 0 saturated carbocycles. The van der Waals surface area contributed by atoms with Gasteiger partial charge in [-0.1, -0.05) is 6.92 Å². The van der Waals surface area contributed by atoms with E-state index in [2.05, 4.69) is 15.0 Å². The van der Waals surface area contributed by atoms with Crippen LogP contribution in [0.4, 0.5) is 0 Å². The lowest BCUT2D eigenvalue weighted by molar-refractivity contribution is 0.0726. The van der Waals surface area contributed by atoms with Crippen molar-refractivity contribution in [3.8, 4) is 5.82 Å². The zero-order valence-electron chi connectivity index (χ0n) is 14.8. The molecule has 0 aromatic carbocycles. The Hall–Kier alpha value is -3.03. The molecule has 1 fully saturated rings. The molecule has 0 spiro atoms. The van der Waals surface area contributed by atoms with E-state index in [-0.39, 0.29) is 11.9 Å². The first-order valence-corrected chi connectivity index (χ1v) is 8.75. The van der Waals surface area contributed by atoms with Gasteiger partial charge < -0.3 is 9.32 Å². The van der Waals surface area contributed by atoms with Gasteiger partial charge in [0.05, 0.1) is 24.1 Å². The lowest BCUT2D eigenvalue weighted by Crippen LogP contribution is -2.31. The predicted molar refractivity (Wildman–Crippen MR) is 92.8 cm³/mol. The Bertz CT molecular complexity index is 931. The number of aromatic nitrogens is 5. The van der Waals surface area contributed by atoms with Crippen LogP contribution in [0.1, 0.15) is 53.7 Å². The van der Waals surface area contributed by atoms with Crippen molar-refractivity contribution in [2.45, 2.75) is 39.2 Å². The summed E-state index contributed by atoms with van der Waals surface area (Å²) >= 11 is 0. The molecule has 1 aliphatic heterocycles. The number of carbonyl (C=O) groups excluding carboxylic acids is 1. The fraction of sp³-hybridized carbons (Fsp3) is 0.389. The molecule has 0 unspecified atom stereocenters. The van der Waals surface area contributed by atoms with E-state index >= 15 is 0 Å². The lowest BCUT2D eigenvalue weighted by Gasteiger charge is -2.23. The van der Waals surface area contributed by atoms with Crippen LogP contribution in [0.5, 0.6) is 0 Å². The van der Waals surface area contributed by atoms with Crippen LogP contribution in [0.3, 0.4) is 0 Å². The van der Waals surface area contributed by atoms with Crippen molar-refractivity contribution in [3.63, 3.8) is 0 Å². The highest BCUT2D eigenvalue weighted by atomic mass is 16.3. The molecule has 4 heterocycles. The van der Waals surface area contributed by atoms with E-state index in [4.69, 9.17) is 9.40 Å². The number of imidazole rings is 1. The number of amides is 1. The Morgan fingerprint density at radius 3 is 3.00 bits per heavy atom. The van der Waals surface area contributed by atoms with Gasteiger partial charge in [0, 0.05) is 32.3 Å². The second-order valence-corrected chi connectivity index (χ2v) is 6.28. The van der Waals surface area contributed by atoms with Gasteiger partial charge in [-0.15, -0.1) is 0 Å². The van der Waals surface area contributed by atoms with Gasteiger partial charge in [0.2, 0.25) is 0 Å². The Labute approximate surface area is 150 Å². The third kappa shape index (κ3) is 2.87. The van der Waals surface area contributed by atoms with Gasteiger partial charge in [0.1, 0.15) is 12.1 Å². The summed E-state index contributed by atoms with van der Waals surface area (Å²) in [7, 11) is 0. The van der Waals surface area contributed by atoms with Gasteiger partial charge in [-0.2, -0.15) is 0 Å². The van der Waals surface area contributed by atoms with E-state index in [9.17, 15) is 4.79 Å². The number of carbonyl (C=O) groups is 1. The molecule has 0 N–H and O–H groups in total. The van der Waals surface area contributed by atoms with Gasteiger partial charge in [-0.3, -0.25) is 14.3 Å². The fourth-order valence-electron chi connectivity index (χ4n) is 3.38. The van der Waals surface area contributed by atoms with E-state index in [0.29, 0.717) is 23.9 Å². The average Bonchev–Trinajstić information content (AvgIpc) is 3.41. The maximum Gasteiger partial charge on any atom is 0.276 e. The Morgan fingerprint density at radius 1 is 1.35 bits per heavy atom. The van der Waals surface area contributed by atoms with Crippen molar-refractivity contribution in [1.29, 1.82) is 0 Å². The number of rotatable bonds is 4. The minimum absolute atomic E-state index is 0.111. The summed E-state index contributed by atoms with van der Waals surface area (Å²) in [5.41, 5.74) is 1.12. The number of nitrogens with zero attached hydrogens (tertiary/aromatic N) is 6. The topological polar surface area (TPSA) is 89.9 Å². The first kappa shape index (κ1) is 16.4. The second-order valence-electron chi connectivity index (χ2n) is 6.28. The highest BCUT2D eigenvalue weighted by Crippen LogP contribution is 2.32. The van der Waals surface area contributed by atoms with Gasteiger partial charge in [0.15, 0.2) is 17.4 Å². The summed E-state index contributed by atoms with van der Waals surface area (Å²) in [4.78, 5) is 32.2. The van der Waals surface area contributed by atoms with Crippen molar-refractivity contribution in [2.24, 2.45) is 0 Å². The molecule has 8 heteroatoms. The van der Waals surface area contributed by atoms with Gasteiger partial charge >= 0.3 is 0 Å². The van der Waals surface area contributed by atoms with Crippen molar-refractivity contribution < 1.29 is 9.21 Å². The van der Waals surface area contributed by atoms with Crippen molar-refractivity contribution >= 4 is 5.91 Å². The standard InChI is InChI=1S/C18H20N6O2/c1-3-16-20-6-8-24(16)17-10-19-9-13(22-17)15-5-4-7-23(15)18(25)14-11-26-12(2)21-14/h6,8-11,15H,3-5,7H2,1-2H3/t15-/m1/s1. The average molecular weight is 352 g/mol. The molecular formula is C18H20N6O2. The molecule has 0 aliphatic carbocycles. The third-order valence-corrected chi connectivity index (χ3v) is 4.61. The molecule has 26 heavy (non-hydrogen) atoms. The number of aryl methyl sites for hydroxylation is 2. The first-order valence-electron chi connectivity index (χ1n) is 8.75. The Kier molecular flexibility index (Phi) is 4.24. The van der Waals surface area contributed by atoms with Crippen LogP contribution in [-0.2, 0) is 6.42 Å². The van der Waals surface area contributed by atoms with Crippen LogP contribution < -0.4 is 0 Å². The van der Waals surface area contributed by atoms with E-state index in [1.165, 1.54) is 6.26 Å². The molecule has 4 rings (SSSR count). The molecule has 3 aromatic rings. The Morgan fingerprint density at radius 2 is 2.23 bits per heavy atom. The molecule has 3 aromatic heterocycles. The van der Waals surface area contributed by atoms with Gasteiger partial charge in [0.25, 0.3) is 5.91 Å². The van der Waals surface area contributed by atoms with Crippen LogP contribution in [0.25, 0.3) is 5.82 Å². The lowest BCUT2D eigenvalue weighted by atomic mass is 10.1. The number of hydrogen-bond acceptors (Lipinski definition) is 6. The molecule has 0 bridgehead atoms. The summed E-state index contributed by atoms with van der Waals surface area (Å²) in [5.74, 6) is 1.99.